The number of hydrogen-bond acceptors (Lipinski definition) is 11. The Morgan fingerprint density at radius 2 is 1.59 bits per heavy atom. The molecule has 1 aliphatic rings. The predicted octanol–water partition coefficient (Wildman–Crippen LogP) is 2.24. The molecule has 2 aromatic heterocycles. The fraction of sp³-hybridized carbons (Fsp3) is 0.438. The van der Waals surface area contributed by atoms with Crippen LogP contribution in [-0.4, -0.2) is 116 Å². The number of aliphatic carboxylic acids is 3. The van der Waals surface area contributed by atoms with E-state index in [0.29, 0.717) is 0 Å². The van der Waals surface area contributed by atoms with Crippen molar-refractivity contribution in [2.75, 3.05) is 52.3 Å². The summed E-state index contributed by atoms with van der Waals surface area (Å²) in [5.74, 6) is -2.27. The standard InChI is InChI=1S/C26H34N6O.C6H8O7/c1-5-32(17-16-30(2)3)26-23-19-31(18-20-6-8-22(33-4)9-7-20)15-12-24(23)28-25(29-26)21-10-13-27-14-11-21;7-3(8)1-6(13,5(11)12)2-4(9)10/h6-11,13-14H,5,12,15-19H2,1-4H3;13H,1-2H2,(H,7,8)(H,9,10)(H,11,12). The number of hydrogen-bond donors (Lipinski definition) is 4. The molecule has 0 saturated carbocycles. The molecule has 14 heteroatoms. The van der Waals surface area contributed by atoms with Crippen molar-refractivity contribution in [3.8, 4) is 17.1 Å². The number of ether oxygens (including phenoxy) is 1. The smallest absolute Gasteiger partial charge is 0.336 e. The van der Waals surface area contributed by atoms with Gasteiger partial charge in [-0.2, -0.15) is 0 Å². The number of nitrogens with zero attached hydrogens (tertiary/aromatic N) is 6. The third-order valence-electron chi connectivity index (χ3n) is 7.41. The summed E-state index contributed by atoms with van der Waals surface area (Å²) in [5.41, 5.74) is 1.99. The average molecular weight is 639 g/mol. The van der Waals surface area contributed by atoms with Gasteiger partial charge in [0.1, 0.15) is 11.6 Å². The van der Waals surface area contributed by atoms with E-state index in [1.807, 2.05) is 24.3 Å². The van der Waals surface area contributed by atoms with Crippen molar-refractivity contribution in [1.82, 2.24) is 24.8 Å². The summed E-state index contributed by atoms with van der Waals surface area (Å²) in [7, 11) is 5.93. The SMILES string of the molecule is CCN(CCN(C)C)c1nc(-c2ccncc2)nc2c1CN(Cc1ccc(OC)cc1)CC2.O=C(O)CC(O)(CC(=O)O)C(=O)O. The van der Waals surface area contributed by atoms with Crippen LogP contribution in [0.2, 0.25) is 0 Å². The second-order valence-corrected chi connectivity index (χ2v) is 11.2. The van der Waals surface area contributed by atoms with Crippen LogP contribution in [0.1, 0.15) is 36.6 Å². The number of carboxylic acids is 3. The van der Waals surface area contributed by atoms with E-state index in [2.05, 4.69) is 52.8 Å². The number of rotatable bonds is 14. The molecule has 3 heterocycles. The van der Waals surface area contributed by atoms with Gasteiger partial charge < -0.3 is 35.0 Å². The lowest BCUT2D eigenvalue weighted by molar-refractivity contribution is -0.170. The summed E-state index contributed by atoms with van der Waals surface area (Å²) >= 11 is 0. The molecule has 4 N–H and O–H groups in total. The lowest BCUT2D eigenvalue weighted by atomic mass is 9.96. The quantitative estimate of drug-likeness (QED) is 0.201. The molecular formula is C32H42N6O8. The molecule has 14 nitrogen and oxygen atoms in total. The molecule has 0 radical (unpaired) electrons. The number of fused-ring (bicyclic) bond motifs is 1. The maximum atomic E-state index is 10.3. The molecule has 248 valence electrons. The first-order valence-electron chi connectivity index (χ1n) is 14.8. The van der Waals surface area contributed by atoms with Crippen LogP contribution in [-0.2, 0) is 33.9 Å². The van der Waals surface area contributed by atoms with Crippen molar-refractivity contribution in [1.29, 1.82) is 0 Å². The summed E-state index contributed by atoms with van der Waals surface area (Å²) in [5, 5.41) is 33.8. The Kier molecular flexibility index (Phi) is 12.9. The number of carbonyl (C=O) groups is 3. The number of benzene rings is 1. The molecule has 0 atom stereocenters. The fourth-order valence-corrected chi connectivity index (χ4v) is 4.92. The maximum Gasteiger partial charge on any atom is 0.336 e. The fourth-order valence-electron chi connectivity index (χ4n) is 4.92. The van der Waals surface area contributed by atoms with E-state index in [1.165, 1.54) is 16.8 Å². The summed E-state index contributed by atoms with van der Waals surface area (Å²) in [4.78, 5) is 51.8. The highest BCUT2D eigenvalue weighted by Gasteiger charge is 2.40. The Labute approximate surface area is 267 Å². The third-order valence-corrected chi connectivity index (χ3v) is 7.41. The molecule has 0 aliphatic carbocycles. The second kappa shape index (κ2) is 16.6. The Hall–Kier alpha value is -4.66. The van der Waals surface area contributed by atoms with Crippen LogP contribution in [0.25, 0.3) is 11.4 Å². The highest BCUT2D eigenvalue weighted by Crippen LogP contribution is 2.30. The van der Waals surface area contributed by atoms with Crippen molar-refractivity contribution in [3.05, 3.63) is 65.6 Å². The maximum absolute atomic E-state index is 10.3. The average Bonchev–Trinajstić information content (AvgIpc) is 3.01. The van der Waals surface area contributed by atoms with Gasteiger partial charge >= 0.3 is 17.9 Å². The molecule has 4 rings (SSSR count). The Balaban J connectivity index is 0.000000376. The molecule has 3 aromatic rings. The van der Waals surface area contributed by atoms with Crippen LogP contribution in [0, 0.1) is 0 Å². The van der Waals surface area contributed by atoms with E-state index in [1.54, 1.807) is 19.5 Å². The van der Waals surface area contributed by atoms with Crippen LogP contribution in [0.4, 0.5) is 5.82 Å². The molecule has 0 amide bonds. The van der Waals surface area contributed by atoms with Crippen LogP contribution >= 0.6 is 0 Å². The number of anilines is 1. The van der Waals surface area contributed by atoms with Gasteiger partial charge in [-0.15, -0.1) is 0 Å². The van der Waals surface area contributed by atoms with E-state index < -0.39 is 36.4 Å². The Morgan fingerprint density at radius 1 is 0.957 bits per heavy atom. The molecule has 1 aliphatic heterocycles. The van der Waals surface area contributed by atoms with E-state index in [4.69, 9.17) is 35.1 Å². The normalized spacial score (nSPS) is 12.9. The zero-order valence-electron chi connectivity index (χ0n) is 26.6. The van der Waals surface area contributed by atoms with Crippen molar-refractivity contribution < 1.29 is 39.5 Å². The van der Waals surface area contributed by atoms with Crippen molar-refractivity contribution in [2.45, 2.75) is 44.9 Å². The van der Waals surface area contributed by atoms with Gasteiger partial charge in [0, 0.05) is 69.2 Å². The number of aromatic nitrogens is 3. The number of methoxy groups -OCH3 is 1. The van der Waals surface area contributed by atoms with Crippen LogP contribution in [0.15, 0.2) is 48.8 Å². The summed E-state index contributed by atoms with van der Waals surface area (Å²) in [6, 6.07) is 12.3. The van der Waals surface area contributed by atoms with Crippen molar-refractivity contribution >= 4 is 23.7 Å². The lowest BCUT2D eigenvalue weighted by Gasteiger charge is -2.33. The van der Waals surface area contributed by atoms with E-state index in [-0.39, 0.29) is 0 Å². The summed E-state index contributed by atoms with van der Waals surface area (Å²) in [6.07, 6.45) is 2.24. The van der Waals surface area contributed by atoms with Crippen molar-refractivity contribution in [3.63, 3.8) is 0 Å². The molecule has 0 unspecified atom stereocenters. The first-order chi connectivity index (χ1) is 21.8. The van der Waals surface area contributed by atoms with Gasteiger partial charge in [0.25, 0.3) is 0 Å². The van der Waals surface area contributed by atoms with Gasteiger partial charge in [0.2, 0.25) is 0 Å². The van der Waals surface area contributed by atoms with Gasteiger partial charge in [-0.05, 0) is 50.8 Å². The number of likely N-dealkylation sites (N-methyl/N-ethyl adjacent to an activating group) is 2. The highest BCUT2D eigenvalue weighted by molar-refractivity contribution is 5.88. The van der Waals surface area contributed by atoms with Gasteiger partial charge in [-0.25, -0.2) is 14.8 Å². The number of pyridine rings is 1. The largest absolute Gasteiger partial charge is 0.497 e. The molecule has 1 aromatic carbocycles. The van der Waals surface area contributed by atoms with Crippen LogP contribution in [0.3, 0.4) is 0 Å². The molecule has 46 heavy (non-hydrogen) atoms. The number of aliphatic hydroxyl groups is 1. The molecule has 0 bridgehead atoms. The first kappa shape index (κ1) is 35.8. The molecule has 0 spiro atoms. The third kappa shape index (κ3) is 10.2. The topological polar surface area (TPSA) is 190 Å². The molecule has 0 saturated heterocycles. The Bertz CT molecular complexity index is 1450. The minimum Gasteiger partial charge on any atom is -0.497 e. The monoisotopic (exact) mass is 638 g/mol. The van der Waals surface area contributed by atoms with Crippen LogP contribution in [0.5, 0.6) is 5.75 Å². The van der Waals surface area contributed by atoms with Gasteiger partial charge in [0.15, 0.2) is 11.4 Å². The lowest BCUT2D eigenvalue weighted by Crippen LogP contribution is -2.42. The molecule has 0 fully saturated rings. The van der Waals surface area contributed by atoms with E-state index >= 15 is 0 Å². The highest BCUT2D eigenvalue weighted by atomic mass is 16.5. The minimum atomic E-state index is -2.74. The Morgan fingerprint density at radius 3 is 2.11 bits per heavy atom. The zero-order valence-corrected chi connectivity index (χ0v) is 26.6. The summed E-state index contributed by atoms with van der Waals surface area (Å²) < 4.78 is 5.30. The van der Waals surface area contributed by atoms with Gasteiger partial charge in [0.05, 0.1) is 25.6 Å². The minimum absolute atomic E-state index is 0.790. The van der Waals surface area contributed by atoms with Gasteiger partial charge in [-0.1, -0.05) is 12.1 Å². The van der Waals surface area contributed by atoms with E-state index in [0.717, 1.165) is 68.6 Å². The second-order valence-electron chi connectivity index (χ2n) is 11.2. The summed E-state index contributed by atoms with van der Waals surface area (Å²) in [6.45, 7) is 7.76. The predicted molar refractivity (Wildman–Crippen MR) is 170 cm³/mol. The first-order valence-corrected chi connectivity index (χ1v) is 14.8. The van der Waals surface area contributed by atoms with Crippen LogP contribution < -0.4 is 9.64 Å². The van der Waals surface area contributed by atoms with E-state index in [9.17, 15) is 14.4 Å². The zero-order chi connectivity index (χ0) is 33.9. The van der Waals surface area contributed by atoms with Gasteiger partial charge in [-0.3, -0.25) is 19.5 Å². The molecular weight excluding hydrogens is 596 g/mol. The number of carboxylic acid groups (broad SMARTS) is 3. The van der Waals surface area contributed by atoms with Crippen molar-refractivity contribution in [2.24, 2.45) is 0 Å².